The number of halogens is 2. The van der Waals surface area contributed by atoms with Crippen molar-refractivity contribution in [2.75, 3.05) is 14.2 Å². The molecule has 0 aliphatic rings. The molecule has 0 fully saturated rings. The molecule has 0 unspecified atom stereocenters. The molecule has 10 rings (SSSR count). The number of ether oxygens (including phenoxy) is 2. The van der Waals surface area contributed by atoms with E-state index in [1.807, 2.05) is 62.4 Å². The maximum Gasteiger partial charge on any atom is 2.00 e. The average Bonchev–Trinajstić information content (AvgIpc) is 3.48. The minimum atomic E-state index is -1.15. The van der Waals surface area contributed by atoms with Crippen LogP contribution in [0.5, 0.6) is 11.5 Å². The van der Waals surface area contributed by atoms with Crippen molar-refractivity contribution < 1.29 is 29.0 Å². The topological polar surface area (TPSA) is 66.1 Å². The van der Waals surface area contributed by atoms with Gasteiger partial charge < -0.3 is 20.9 Å². The van der Waals surface area contributed by atoms with Crippen LogP contribution in [0.1, 0.15) is 69.5 Å². The molecule has 0 amide bonds. The summed E-state index contributed by atoms with van der Waals surface area (Å²) in [5.41, 5.74) is 31.4. The first-order chi connectivity index (χ1) is 36.9. The van der Waals surface area contributed by atoms with Crippen molar-refractivity contribution >= 4 is 94.0 Å². The second-order valence-corrected chi connectivity index (χ2v) is 25.8. The van der Waals surface area contributed by atoms with Gasteiger partial charge in [0.1, 0.15) is 11.5 Å². The SMILES string of the molecule is COc1ccc(C([NH-])(c2ccc(OC)cc2)[C@H]([NH-])C(C)C)cc1.Cc1cc(C)cc(P(c2cc(C)cc(C)c2)c2ccc3ccccc3c2-c2c(P(c3cc(C)cc(C)c3)c3cc(C)cc(C)c3)ccc3ccccc23)c1.Cl.Cl.[Ru+2]. The first-order valence-electron chi connectivity index (χ1n) is 26.7. The zero-order valence-electron chi connectivity index (χ0n) is 48.0. The number of benzene rings is 10. The Bertz CT molecular complexity index is 3330. The van der Waals surface area contributed by atoms with Gasteiger partial charge in [-0.15, -0.1) is 30.9 Å². The largest absolute Gasteiger partial charge is 2.00 e. The van der Waals surface area contributed by atoms with Gasteiger partial charge in [0, 0.05) is 0 Å². The van der Waals surface area contributed by atoms with E-state index in [1.54, 1.807) is 14.2 Å². The van der Waals surface area contributed by atoms with Crippen molar-refractivity contribution in [3.8, 4) is 22.6 Å². The molecule has 412 valence electrons. The average molecular weight is 1220 g/mol. The fourth-order valence-corrected chi connectivity index (χ4v) is 17.1. The Morgan fingerprint density at radius 3 is 0.925 bits per heavy atom. The second-order valence-electron chi connectivity index (χ2n) is 21.4. The third-order valence-electron chi connectivity index (χ3n) is 14.6. The third kappa shape index (κ3) is 13.6. The number of rotatable bonds is 13. The van der Waals surface area contributed by atoms with Crippen molar-refractivity contribution in [1.29, 1.82) is 0 Å². The molecule has 0 saturated heterocycles. The van der Waals surface area contributed by atoms with Crippen LogP contribution >= 0.6 is 40.7 Å². The van der Waals surface area contributed by atoms with Gasteiger partial charge in [-0.3, -0.25) is 0 Å². The van der Waals surface area contributed by atoms with Gasteiger partial charge in [-0.2, -0.15) is 0 Å². The Labute approximate surface area is 504 Å². The van der Waals surface area contributed by atoms with E-state index in [-0.39, 0.29) is 50.2 Å². The van der Waals surface area contributed by atoms with Gasteiger partial charge in [0.25, 0.3) is 0 Å². The van der Waals surface area contributed by atoms with E-state index in [9.17, 15) is 0 Å². The van der Waals surface area contributed by atoms with E-state index in [4.69, 9.17) is 20.9 Å². The maximum absolute atomic E-state index is 9.12. The Balaban J connectivity index is 0.000000336. The molecule has 10 aromatic carbocycles. The van der Waals surface area contributed by atoms with Crippen molar-refractivity contribution in [2.24, 2.45) is 5.92 Å². The Hall–Kier alpha value is -5.70. The molecule has 0 bridgehead atoms. The minimum Gasteiger partial charge on any atom is -0.675 e. The van der Waals surface area contributed by atoms with Crippen LogP contribution in [-0.4, -0.2) is 20.3 Å². The van der Waals surface area contributed by atoms with E-state index in [0.717, 1.165) is 22.6 Å². The number of fused-ring (bicyclic) bond motifs is 2. The monoisotopic (exact) mass is 1220 g/mol. The van der Waals surface area contributed by atoms with Crippen molar-refractivity contribution in [2.45, 2.75) is 80.8 Å². The maximum atomic E-state index is 9.12. The number of nitrogens with one attached hydrogen (secondary N) is 2. The van der Waals surface area contributed by atoms with Crippen LogP contribution in [0, 0.1) is 61.3 Å². The second kappa shape index (κ2) is 27.4. The van der Waals surface area contributed by atoms with Crippen LogP contribution < -0.4 is 41.3 Å². The molecular formula is C71H74Cl2N2O2P2Ru. The molecule has 10 aromatic rings. The summed E-state index contributed by atoms with van der Waals surface area (Å²) in [5, 5.41) is 13.6. The first kappa shape index (κ1) is 63.5. The fourth-order valence-electron chi connectivity index (χ4n) is 11.3. The number of methoxy groups -OCH3 is 2. The molecule has 9 heteroatoms. The summed E-state index contributed by atoms with van der Waals surface area (Å²) in [4.78, 5) is 0. The van der Waals surface area contributed by atoms with Crippen molar-refractivity contribution in [1.82, 2.24) is 0 Å². The summed E-state index contributed by atoms with van der Waals surface area (Å²) in [7, 11) is 1.36. The predicted octanol–water partition coefficient (Wildman–Crippen LogP) is 17.6. The summed E-state index contributed by atoms with van der Waals surface area (Å²) in [6, 6.07) is 70.9. The summed E-state index contributed by atoms with van der Waals surface area (Å²) in [5.74, 6) is 1.55. The number of hydrogen-bond donors (Lipinski definition) is 0. The molecule has 0 heterocycles. The molecule has 4 nitrogen and oxygen atoms in total. The van der Waals surface area contributed by atoms with Crippen LogP contribution in [0.25, 0.3) is 44.1 Å². The van der Waals surface area contributed by atoms with Gasteiger partial charge in [0.05, 0.1) is 14.2 Å². The van der Waals surface area contributed by atoms with Crippen LogP contribution in [0.2, 0.25) is 0 Å². The fraction of sp³-hybridized carbons (Fsp3) is 0.211. The Morgan fingerprint density at radius 2 is 0.662 bits per heavy atom. The molecule has 1 atom stereocenters. The minimum absolute atomic E-state index is 0. The van der Waals surface area contributed by atoms with Crippen LogP contribution in [-0.2, 0) is 25.0 Å². The third-order valence-corrected chi connectivity index (χ3v) is 19.4. The van der Waals surface area contributed by atoms with Gasteiger partial charge in [-0.1, -0.05) is 251 Å². The molecule has 0 aliphatic carbocycles. The van der Waals surface area contributed by atoms with Crippen LogP contribution in [0.3, 0.4) is 0 Å². The van der Waals surface area contributed by atoms with Crippen LogP contribution in [0.4, 0.5) is 0 Å². The first-order valence-corrected chi connectivity index (χ1v) is 29.4. The summed E-state index contributed by atoms with van der Waals surface area (Å²) in [6.45, 7) is 21.9. The summed E-state index contributed by atoms with van der Waals surface area (Å²) in [6.07, 6.45) is 0. The summed E-state index contributed by atoms with van der Waals surface area (Å²) >= 11 is 0. The van der Waals surface area contributed by atoms with E-state index < -0.39 is 27.4 Å². The molecule has 0 radical (unpaired) electrons. The molecule has 0 spiro atoms. The Morgan fingerprint density at radius 1 is 0.388 bits per heavy atom. The van der Waals surface area contributed by atoms with E-state index in [0.29, 0.717) is 0 Å². The van der Waals surface area contributed by atoms with Crippen molar-refractivity contribution in [3.63, 3.8) is 0 Å². The van der Waals surface area contributed by atoms with Gasteiger partial charge in [-0.25, -0.2) is 0 Å². The zero-order chi connectivity index (χ0) is 54.7. The standard InChI is InChI=1S/C52H48P2.C19H24N2O2.2ClH.Ru/c1-33-21-34(2)26-43(25-33)53(44-27-35(3)22-36(4)28-44)49-19-17-41-13-9-11-15-47(41)51(49)52-48-16-12-10-14-42(48)18-20-50(52)54(45-29-37(5)23-38(6)30-45)46-31-39(7)24-40(8)32-46;1-13(2)18(20)19(21,14-5-9-16(22-3)10-6-14)15-7-11-17(23-4)12-8-15;;;/h9-32H,1-8H3;5-13,18,20-21H,1-4H3;2*1H;/q;-2;;;+2/t;18-;;;/m.1.../s1. The summed E-state index contributed by atoms with van der Waals surface area (Å²) < 4.78 is 10.4. The van der Waals surface area contributed by atoms with Crippen molar-refractivity contribution in [3.05, 3.63) is 261 Å². The molecular weight excluding hydrogens is 1150 g/mol. The van der Waals surface area contributed by atoms with E-state index in [2.05, 4.69) is 201 Å². The van der Waals surface area contributed by atoms with Crippen LogP contribution in [0.15, 0.2) is 194 Å². The molecule has 2 N–H and O–H groups in total. The molecule has 80 heavy (non-hydrogen) atoms. The van der Waals surface area contributed by atoms with Gasteiger partial charge in [0.15, 0.2) is 0 Å². The van der Waals surface area contributed by atoms with E-state index >= 15 is 0 Å². The number of hydrogen-bond acceptors (Lipinski definition) is 2. The van der Waals surface area contributed by atoms with Gasteiger partial charge >= 0.3 is 19.5 Å². The predicted molar refractivity (Wildman–Crippen MR) is 351 cm³/mol. The van der Waals surface area contributed by atoms with E-state index in [1.165, 1.54) is 109 Å². The smallest absolute Gasteiger partial charge is 0.675 e. The van der Waals surface area contributed by atoms with Gasteiger partial charge in [0.2, 0.25) is 0 Å². The molecule has 0 aliphatic heterocycles. The number of aryl methyl sites for hydroxylation is 8. The van der Waals surface area contributed by atoms with Gasteiger partial charge in [-0.05, 0) is 160 Å². The quantitative estimate of drug-likeness (QED) is 0.0853. The normalized spacial score (nSPS) is 11.6. The Kier molecular flexibility index (Phi) is 21.7. The molecule has 0 saturated carbocycles. The molecule has 0 aromatic heterocycles. The zero-order valence-corrected chi connectivity index (χ0v) is 53.2.